The van der Waals surface area contributed by atoms with E-state index in [-0.39, 0.29) is 30.0 Å². The van der Waals surface area contributed by atoms with Gasteiger partial charge in [-0.05, 0) is 44.4 Å². The molecule has 0 radical (unpaired) electrons. The number of rotatable bonds is 17. The largest absolute Gasteiger partial charge is 0.509 e. The Morgan fingerprint density at radius 3 is 2.32 bits per heavy atom. The molecule has 4 saturated heterocycles. The molecule has 1 aromatic heterocycles. The molecule has 4 aliphatic rings. The Labute approximate surface area is 361 Å². The van der Waals surface area contributed by atoms with Crippen LogP contribution in [0.5, 0.6) is 5.75 Å². The summed E-state index contributed by atoms with van der Waals surface area (Å²) >= 11 is 0. The summed E-state index contributed by atoms with van der Waals surface area (Å²) in [5.41, 5.74) is -0.636. The molecule has 0 aromatic carbocycles. The zero-order valence-electron chi connectivity index (χ0n) is 36.5. The number of aromatic hydroxyl groups is 1. The number of fused-ring (bicyclic) bond motifs is 2. The second-order valence-electron chi connectivity index (χ2n) is 16.3. The predicted octanol–water partition coefficient (Wildman–Crippen LogP) is 5.45. The number of nitrogens with zero attached hydrogens (tertiary/aromatic N) is 1. The molecule has 336 valence electrons. The smallest absolute Gasteiger partial charge is 0.507 e. The van der Waals surface area contributed by atoms with Crippen molar-refractivity contribution in [2.24, 2.45) is 24.3 Å². The van der Waals surface area contributed by atoms with E-state index in [1.54, 1.807) is 62.6 Å². The summed E-state index contributed by atoms with van der Waals surface area (Å²) in [4.78, 5) is 63.4. The fraction of sp³-hybridized carbons (Fsp3) is 0.500. The van der Waals surface area contributed by atoms with Gasteiger partial charge in [-0.15, -0.1) is 0 Å². The summed E-state index contributed by atoms with van der Waals surface area (Å²) in [7, 11) is 3.05. The first kappa shape index (κ1) is 47.5. The first-order valence-corrected chi connectivity index (χ1v) is 20.6. The maximum absolute atomic E-state index is 13.6. The van der Waals surface area contributed by atoms with Crippen molar-refractivity contribution >= 4 is 24.0 Å². The maximum Gasteiger partial charge on any atom is 0.509 e. The number of methoxy groups -OCH3 is 1. The van der Waals surface area contributed by atoms with Crippen molar-refractivity contribution in [1.82, 2.24) is 9.88 Å². The van der Waals surface area contributed by atoms with E-state index in [1.807, 2.05) is 52.8 Å². The molecular weight excluding hydrogens is 805 g/mol. The number of aryl methyl sites for hydroxylation is 1. The first-order valence-electron chi connectivity index (χ1n) is 20.6. The molecule has 16 nitrogen and oxygen atoms in total. The van der Waals surface area contributed by atoms with Gasteiger partial charge in [0.1, 0.15) is 23.5 Å². The number of allylic oxidation sites excluding steroid dienone is 10. The summed E-state index contributed by atoms with van der Waals surface area (Å²) in [6.07, 6.45) is 14.5. The van der Waals surface area contributed by atoms with Crippen molar-refractivity contribution in [1.29, 1.82) is 0 Å². The third-order valence-electron chi connectivity index (χ3n) is 11.8. The normalized spacial score (nSPS) is 30.1. The van der Waals surface area contributed by atoms with Gasteiger partial charge < -0.3 is 53.3 Å². The summed E-state index contributed by atoms with van der Waals surface area (Å²) in [6, 6.07) is 1.28. The average molecular weight is 863 g/mol. The molecule has 0 aliphatic carbocycles. The molecule has 1 aromatic rings. The summed E-state index contributed by atoms with van der Waals surface area (Å²) in [5, 5.41) is 24.9. The van der Waals surface area contributed by atoms with Gasteiger partial charge in [0.05, 0.1) is 18.1 Å². The third kappa shape index (κ3) is 9.88. The fourth-order valence-corrected chi connectivity index (χ4v) is 8.30. The number of ether oxygens (including phenoxy) is 7. The van der Waals surface area contributed by atoms with Crippen molar-refractivity contribution < 1.29 is 62.5 Å². The van der Waals surface area contributed by atoms with Crippen LogP contribution in [0.15, 0.2) is 101 Å². The van der Waals surface area contributed by atoms with Crippen LogP contribution >= 0.6 is 0 Å². The molecule has 0 unspecified atom stereocenters. The summed E-state index contributed by atoms with van der Waals surface area (Å²) in [6.45, 7) is 12.7. The standard InChI is InChI=1S/C46H58N2O14/c1-10-12-14-22-32-45(6,7)39-40(61-44(54)60-39)46(55,62-32)29(11-2)41(51)47-24-18-17-20-27(4)35(56-9)28(5)36-38-37(58-43(53)59-38)31(57-36)21-16-13-15-19-26(3)34(50)33-30(49)23-25-48(8)42(33)52/h10,12-23,25,28-29,31-32,35-40,49,55H,11,24H2,1-9H3,(H,47,51)/b12-10-,15-13+,18-17+,21-16+,22-14+,26-19+,27-20+/t28-,29-,31-,32+,35-,36+,37+,38-,39+,40-,46-/m1/s1. The Bertz CT molecular complexity index is 2130. The summed E-state index contributed by atoms with van der Waals surface area (Å²) < 4.78 is 41.6. The number of pyridine rings is 1. The molecule has 3 N–H and O–H groups in total. The minimum absolute atomic E-state index is 0.107. The highest BCUT2D eigenvalue weighted by molar-refractivity contribution is 6.09. The third-order valence-corrected chi connectivity index (χ3v) is 11.8. The Hall–Kier alpha value is -5.55. The lowest BCUT2D eigenvalue weighted by Gasteiger charge is -2.51. The van der Waals surface area contributed by atoms with Crippen LogP contribution in [0, 0.1) is 17.3 Å². The van der Waals surface area contributed by atoms with Gasteiger partial charge in [0.15, 0.2) is 30.2 Å². The second-order valence-corrected chi connectivity index (χ2v) is 16.3. The number of ketones is 1. The van der Waals surface area contributed by atoms with Gasteiger partial charge in [-0.1, -0.05) is 101 Å². The number of hydrogen-bond acceptors (Lipinski definition) is 14. The average Bonchev–Trinajstić information content (AvgIpc) is 3.92. The van der Waals surface area contributed by atoms with Crippen molar-refractivity contribution in [3.05, 3.63) is 112 Å². The van der Waals surface area contributed by atoms with Gasteiger partial charge in [0.2, 0.25) is 11.7 Å². The number of carbonyl (C=O) groups is 4. The van der Waals surface area contributed by atoms with E-state index in [9.17, 15) is 34.2 Å². The predicted molar refractivity (Wildman–Crippen MR) is 226 cm³/mol. The van der Waals surface area contributed by atoms with Gasteiger partial charge in [-0.25, -0.2) is 9.59 Å². The van der Waals surface area contributed by atoms with Crippen LogP contribution in [0.4, 0.5) is 9.59 Å². The lowest BCUT2D eigenvalue weighted by Crippen LogP contribution is -2.68. The maximum atomic E-state index is 13.6. The number of aliphatic hydroxyl groups is 1. The van der Waals surface area contributed by atoms with Gasteiger partial charge in [-0.2, -0.15) is 0 Å². The molecule has 0 saturated carbocycles. The van der Waals surface area contributed by atoms with Crippen molar-refractivity contribution in [2.45, 2.75) is 110 Å². The Morgan fingerprint density at radius 2 is 1.63 bits per heavy atom. The molecule has 16 heteroatoms. The topological polar surface area (TPSA) is 207 Å². The van der Waals surface area contributed by atoms with Crippen LogP contribution in [0.25, 0.3) is 0 Å². The van der Waals surface area contributed by atoms with Gasteiger partial charge >= 0.3 is 12.3 Å². The lowest BCUT2D eigenvalue weighted by molar-refractivity contribution is -0.339. The highest BCUT2D eigenvalue weighted by Crippen LogP contribution is 2.49. The quantitative estimate of drug-likeness (QED) is 0.0771. The number of hydrogen-bond donors (Lipinski definition) is 3. The summed E-state index contributed by atoms with van der Waals surface area (Å²) in [5.74, 6) is -5.08. The van der Waals surface area contributed by atoms with E-state index in [1.165, 1.54) is 36.9 Å². The van der Waals surface area contributed by atoms with Crippen LogP contribution in [0.2, 0.25) is 0 Å². The lowest BCUT2D eigenvalue weighted by atomic mass is 9.71. The molecule has 0 spiro atoms. The molecule has 1 amide bonds. The van der Waals surface area contributed by atoms with E-state index in [0.29, 0.717) is 0 Å². The molecule has 5 heterocycles. The molecule has 11 atom stereocenters. The van der Waals surface area contributed by atoms with E-state index < -0.39 is 101 Å². The minimum Gasteiger partial charge on any atom is -0.507 e. The molecule has 62 heavy (non-hydrogen) atoms. The number of nitrogens with one attached hydrogen (secondary N) is 1. The fourth-order valence-electron chi connectivity index (χ4n) is 8.30. The van der Waals surface area contributed by atoms with Crippen LogP contribution < -0.4 is 10.9 Å². The number of aromatic nitrogens is 1. The van der Waals surface area contributed by atoms with E-state index in [4.69, 9.17) is 33.2 Å². The highest BCUT2D eigenvalue weighted by Gasteiger charge is 2.67. The molecule has 4 aliphatic heterocycles. The van der Waals surface area contributed by atoms with Crippen LogP contribution in [-0.2, 0) is 45.0 Å². The number of Topliss-reactive ketones (excluding diaryl/α,β-unsaturated/α-hetero) is 1. The zero-order chi connectivity index (χ0) is 45.5. The minimum atomic E-state index is -2.17. The zero-order valence-corrected chi connectivity index (χ0v) is 36.5. The first-order chi connectivity index (χ1) is 29.4. The molecule has 4 fully saturated rings. The number of amides is 1. The Kier molecular flexibility index (Phi) is 15.4. The van der Waals surface area contributed by atoms with Crippen LogP contribution in [-0.4, -0.2) is 107 Å². The van der Waals surface area contributed by atoms with E-state index >= 15 is 0 Å². The number of carbonyl (C=O) groups excluding carboxylic acids is 4. The Morgan fingerprint density at radius 1 is 0.952 bits per heavy atom. The monoisotopic (exact) mass is 862 g/mol. The van der Waals surface area contributed by atoms with Crippen LogP contribution in [0.1, 0.15) is 65.2 Å². The van der Waals surface area contributed by atoms with E-state index in [0.717, 1.165) is 5.57 Å². The SMILES string of the molecule is C/C=C\C=C\[C@@H]1O[C@](O)([C@H](CC)C(=O)NC/C=C/C=C(\C)[C@@H](OC)[C@@H](C)[C@@H]2O[C@H](/C=C/C=C/C=C(\C)C(=O)c3c(O)ccn(C)c3=O)[C@@H]3OC(=O)O[C@@H]32)[C@@H]2OC(=O)O[C@@H]2C1(C)C. The highest BCUT2D eigenvalue weighted by atomic mass is 16.8. The second kappa shape index (κ2) is 20.1. The molecule has 5 rings (SSSR count). The molecular formula is C46H58N2O14. The van der Waals surface area contributed by atoms with Crippen molar-refractivity contribution in [3.8, 4) is 5.75 Å². The van der Waals surface area contributed by atoms with Gasteiger partial charge in [0, 0.05) is 38.2 Å². The Balaban J connectivity index is 1.20. The molecule has 0 bridgehead atoms. The van der Waals surface area contributed by atoms with Crippen molar-refractivity contribution in [3.63, 3.8) is 0 Å². The van der Waals surface area contributed by atoms with Crippen molar-refractivity contribution in [2.75, 3.05) is 13.7 Å². The van der Waals surface area contributed by atoms with Gasteiger partial charge in [-0.3, -0.25) is 14.4 Å². The van der Waals surface area contributed by atoms with E-state index in [2.05, 4.69) is 5.32 Å². The van der Waals surface area contributed by atoms with Gasteiger partial charge in [0.25, 0.3) is 5.56 Å². The van der Waals surface area contributed by atoms with Crippen LogP contribution in [0.3, 0.4) is 0 Å².